The minimum absolute atomic E-state index is 0.256. The predicted molar refractivity (Wildman–Crippen MR) is 94.8 cm³/mol. The van der Waals surface area contributed by atoms with Crippen molar-refractivity contribution in [3.63, 3.8) is 0 Å². The van der Waals surface area contributed by atoms with Crippen LogP contribution in [0.15, 0.2) is 36.7 Å². The summed E-state index contributed by atoms with van der Waals surface area (Å²) < 4.78 is 58.6. The van der Waals surface area contributed by atoms with E-state index in [4.69, 9.17) is 4.74 Å². The van der Waals surface area contributed by atoms with Crippen molar-refractivity contribution in [1.29, 1.82) is 0 Å². The number of ether oxygens (including phenoxy) is 1. The first-order valence-corrected chi connectivity index (χ1v) is 8.71. The molecule has 0 bridgehead atoms. The first-order valence-electron chi connectivity index (χ1n) is 8.71. The van der Waals surface area contributed by atoms with Gasteiger partial charge in [-0.05, 0) is 18.2 Å². The molecule has 1 aromatic heterocycles. The molecule has 1 saturated heterocycles. The molecule has 152 valence electrons. The van der Waals surface area contributed by atoms with Gasteiger partial charge in [0.25, 0.3) is 5.91 Å². The third-order valence-electron chi connectivity index (χ3n) is 4.70. The molecule has 10 heteroatoms. The summed E-state index contributed by atoms with van der Waals surface area (Å²) in [4.78, 5) is 20.3. The van der Waals surface area contributed by atoms with Crippen molar-refractivity contribution in [2.24, 2.45) is 0 Å². The largest absolute Gasteiger partial charge is 0.493 e. The summed E-state index contributed by atoms with van der Waals surface area (Å²) in [5, 5.41) is 10.1. The third-order valence-corrected chi connectivity index (χ3v) is 4.70. The molecule has 3 aromatic rings. The van der Waals surface area contributed by atoms with Crippen molar-refractivity contribution < 1.29 is 32.2 Å². The van der Waals surface area contributed by atoms with E-state index >= 15 is 0 Å². The normalized spacial score (nSPS) is 19.1. The Morgan fingerprint density at radius 3 is 2.62 bits per heavy atom. The summed E-state index contributed by atoms with van der Waals surface area (Å²) >= 11 is 0. The van der Waals surface area contributed by atoms with Gasteiger partial charge in [0.15, 0.2) is 6.10 Å². The van der Waals surface area contributed by atoms with E-state index in [0.29, 0.717) is 16.7 Å². The van der Waals surface area contributed by atoms with Crippen LogP contribution in [0.2, 0.25) is 0 Å². The lowest BCUT2D eigenvalue weighted by Gasteiger charge is -2.44. The molecule has 1 amide bonds. The molecular weight excluding hydrogens is 394 g/mol. The van der Waals surface area contributed by atoms with E-state index < -0.39 is 54.7 Å². The molecule has 0 unspecified atom stereocenters. The summed E-state index contributed by atoms with van der Waals surface area (Å²) in [5.41, 5.74) is 1.06. The van der Waals surface area contributed by atoms with Crippen molar-refractivity contribution in [2.45, 2.75) is 25.0 Å². The molecule has 0 spiro atoms. The van der Waals surface area contributed by atoms with E-state index in [9.17, 15) is 27.5 Å². The highest BCUT2D eigenvalue weighted by molar-refractivity contribution is 6.05. The molecule has 2 N–H and O–H groups in total. The number of aromatic amines is 1. The number of alkyl halides is 2. The van der Waals surface area contributed by atoms with Crippen LogP contribution < -0.4 is 9.64 Å². The molecule has 2 aromatic carbocycles. The maximum Gasteiger partial charge on any atom is 0.259 e. The number of anilines is 1. The van der Waals surface area contributed by atoms with Crippen molar-refractivity contribution in [2.75, 3.05) is 11.5 Å². The first-order chi connectivity index (χ1) is 13.9. The van der Waals surface area contributed by atoms with Crippen LogP contribution in [-0.4, -0.2) is 40.1 Å². The number of fused-ring (bicyclic) bond motifs is 1. The molecule has 1 aliphatic heterocycles. The number of carbonyl (C=O) groups is 1. The number of hydrogen-bond acceptors (Lipinski definition) is 4. The van der Waals surface area contributed by atoms with E-state index in [-0.39, 0.29) is 5.75 Å². The molecule has 1 aliphatic rings. The van der Waals surface area contributed by atoms with Crippen molar-refractivity contribution in [1.82, 2.24) is 9.97 Å². The Kier molecular flexibility index (Phi) is 4.87. The van der Waals surface area contributed by atoms with Crippen LogP contribution in [0.3, 0.4) is 0 Å². The minimum Gasteiger partial charge on any atom is -0.493 e. The van der Waals surface area contributed by atoms with Crippen LogP contribution in [0.5, 0.6) is 5.75 Å². The SMILES string of the molecule is O=C1[C@@H](O)[C@H](c2c(F)cc(OCCC(F)F)cc2F)N1c1ccc2[nH]cnc2c1. The number of hydrogen-bond donors (Lipinski definition) is 2. The molecule has 0 saturated carbocycles. The van der Waals surface area contributed by atoms with Gasteiger partial charge in [-0.1, -0.05) is 0 Å². The van der Waals surface area contributed by atoms with E-state index in [1.54, 1.807) is 18.2 Å². The average Bonchev–Trinajstić information content (AvgIpc) is 3.14. The number of imidazole rings is 1. The molecule has 0 radical (unpaired) electrons. The lowest BCUT2D eigenvalue weighted by Crippen LogP contribution is -2.59. The van der Waals surface area contributed by atoms with Crippen LogP contribution in [0.1, 0.15) is 18.0 Å². The predicted octanol–water partition coefficient (Wildman–Crippen LogP) is 3.32. The van der Waals surface area contributed by atoms with Gasteiger partial charge < -0.3 is 14.8 Å². The summed E-state index contributed by atoms with van der Waals surface area (Å²) in [5.74, 6) is -3.08. The van der Waals surface area contributed by atoms with Gasteiger partial charge in [-0.3, -0.25) is 9.69 Å². The third kappa shape index (κ3) is 3.39. The van der Waals surface area contributed by atoms with Crippen molar-refractivity contribution in [3.8, 4) is 5.75 Å². The van der Waals surface area contributed by atoms with Crippen LogP contribution in [0.4, 0.5) is 23.2 Å². The standard InChI is InChI=1S/C19H15F4N3O3/c20-11-6-10(29-4-3-15(22)23)7-12(21)16(11)17-18(27)19(28)26(17)9-1-2-13-14(5-9)25-8-24-13/h1-2,5-8,15,17-18,27H,3-4H2,(H,24,25)/t17-,18-/m0/s1. The maximum absolute atomic E-state index is 14.6. The summed E-state index contributed by atoms with van der Waals surface area (Å²) in [6.07, 6.45) is -3.34. The van der Waals surface area contributed by atoms with Gasteiger partial charge in [0, 0.05) is 29.8 Å². The highest BCUT2D eigenvalue weighted by atomic mass is 19.3. The quantitative estimate of drug-likeness (QED) is 0.484. The zero-order valence-electron chi connectivity index (χ0n) is 14.8. The number of halogens is 4. The van der Waals surface area contributed by atoms with Crippen LogP contribution in [-0.2, 0) is 4.79 Å². The van der Waals surface area contributed by atoms with Crippen molar-refractivity contribution in [3.05, 3.63) is 53.9 Å². The lowest BCUT2D eigenvalue weighted by atomic mass is 9.89. The number of aliphatic hydroxyl groups is 1. The Morgan fingerprint density at radius 2 is 1.93 bits per heavy atom. The number of β-lactam (4-membered cyclic amide) rings is 1. The second-order valence-corrected chi connectivity index (χ2v) is 6.53. The smallest absolute Gasteiger partial charge is 0.259 e. The molecule has 2 atom stereocenters. The number of H-pyrrole nitrogens is 1. The highest BCUT2D eigenvalue weighted by Crippen LogP contribution is 2.42. The molecule has 2 heterocycles. The van der Waals surface area contributed by atoms with E-state index in [2.05, 4.69) is 9.97 Å². The average molecular weight is 409 g/mol. The molecule has 1 fully saturated rings. The van der Waals surface area contributed by atoms with E-state index in [0.717, 1.165) is 17.0 Å². The summed E-state index contributed by atoms with van der Waals surface area (Å²) in [6, 6.07) is 5.17. The first kappa shape index (κ1) is 19.2. The zero-order valence-corrected chi connectivity index (χ0v) is 14.8. The summed E-state index contributed by atoms with van der Waals surface area (Å²) in [7, 11) is 0. The molecular formula is C19H15F4N3O3. The second-order valence-electron chi connectivity index (χ2n) is 6.53. The Morgan fingerprint density at radius 1 is 1.21 bits per heavy atom. The van der Waals surface area contributed by atoms with Gasteiger partial charge in [0.05, 0.1) is 24.0 Å². The van der Waals surface area contributed by atoms with Crippen LogP contribution >= 0.6 is 0 Å². The Labute approximate surface area is 161 Å². The van der Waals surface area contributed by atoms with Gasteiger partial charge in [-0.2, -0.15) is 0 Å². The van der Waals surface area contributed by atoms with Gasteiger partial charge in [-0.25, -0.2) is 22.5 Å². The number of aromatic nitrogens is 2. The number of carbonyl (C=O) groups excluding carboxylic acids is 1. The fourth-order valence-corrected chi connectivity index (χ4v) is 3.31. The van der Waals surface area contributed by atoms with Gasteiger partial charge >= 0.3 is 0 Å². The number of rotatable bonds is 6. The summed E-state index contributed by atoms with van der Waals surface area (Å²) in [6.45, 7) is -0.407. The van der Waals surface area contributed by atoms with E-state index in [1.807, 2.05) is 0 Å². The number of aliphatic hydroxyl groups excluding tert-OH is 1. The lowest BCUT2D eigenvalue weighted by molar-refractivity contribution is -0.137. The van der Waals surface area contributed by atoms with E-state index in [1.165, 1.54) is 6.33 Å². The number of amides is 1. The Hall–Kier alpha value is -3.14. The second kappa shape index (κ2) is 7.36. The molecule has 6 nitrogen and oxygen atoms in total. The fraction of sp³-hybridized carbons (Fsp3) is 0.263. The highest BCUT2D eigenvalue weighted by Gasteiger charge is 2.50. The molecule has 4 rings (SSSR count). The number of benzene rings is 2. The number of nitrogens with one attached hydrogen (secondary N) is 1. The topological polar surface area (TPSA) is 78.5 Å². The Bertz CT molecular complexity index is 1050. The van der Waals surface area contributed by atoms with Crippen LogP contribution in [0.25, 0.3) is 11.0 Å². The number of nitrogens with zero attached hydrogens (tertiary/aromatic N) is 2. The van der Waals surface area contributed by atoms with Gasteiger partial charge in [-0.15, -0.1) is 0 Å². The van der Waals surface area contributed by atoms with Gasteiger partial charge in [0.1, 0.15) is 23.4 Å². The monoisotopic (exact) mass is 409 g/mol. The minimum atomic E-state index is -2.60. The van der Waals surface area contributed by atoms with Crippen molar-refractivity contribution >= 4 is 22.6 Å². The van der Waals surface area contributed by atoms with Gasteiger partial charge in [0.2, 0.25) is 6.43 Å². The molecule has 29 heavy (non-hydrogen) atoms. The maximum atomic E-state index is 14.6. The molecule has 0 aliphatic carbocycles. The van der Waals surface area contributed by atoms with Crippen LogP contribution in [0, 0.1) is 11.6 Å². The Balaban J connectivity index is 1.64. The zero-order chi connectivity index (χ0) is 20.7. The fourth-order valence-electron chi connectivity index (χ4n) is 3.31.